The zero-order valence-corrected chi connectivity index (χ0v) is 14.3. The number of nitrogens with zero attached hydrogens (tertiary/aromatic N) is 3. The van der Waals surface area contributed by atoms with Crippen molar-refractivity contribution in [2.75, 3.05) is 13.1 Å². The highest BCUT2D eigenvalue weighted by Gasteiger charge is 2.32. The first kappa shape index (κ1) is 18.6. The summed E-state index contributed by atoms with van der Waals surface area (Å²) < 4.78 is 39.7. The van der Waals surface area contributed by atoms with Crippen LogP contribution in [0.1, 0.15) is 37.9 Å². The lowest BCUT2D eigenvalue weighted by Gasteiger charge is -2.20. The predicted molar refractivity (Wildman–Crippen MR) is 86.1 cm³/mol. The van der Waals surface area contributed by atoms with Crippen LogP contribution < -0.4 is 0 Å². The number of hydrogen-bond acceptors (Lipinski definition) is 2. The molecule has 0 saturated heterocycles. The van der Waals surface area contributed by atoms with Crippen molar-refractivity contribution < 1.29 is 18.0 Å². The Kier molecular flexibility index (Phi) is 5.74. The normalized spacial score (nSPS) is 11.9. The Balaban J connectivity index is 2.27. The molecule has 0 radical (unpaired) electrons. The van der Waals surface area contributed by atoms with Gasteiger partial charge in [-0.3, -0.25) is 4.79 Å². The summed E-state index contributed by atoms with van der Waals surface area (Å²) in [5.74, 6) is -0.0886. The molecule has 0 unspecified atom stereocenters. The number of fused-ring (bicyclic) bond motifs is 1. The second-order valence-corrected chi connectivity index (χ2v) is 6.00. The summed E-state index contributed by atoms with van der Waals surface area (Å²) in [5.41, 5.74) is -0.239. The van der Waals surface area contributed by atoms with Crippen molar-refractivity contribution in [1.29, 1.82) is 0 Å². The molecule has 0 spiro atoms. The van der Waals surface area contributed by atoms with Crippen molar-refractivity contribution in [3.05, 3.63) is 34.7 Å². The van der Waals surface area contributed by atoms with E-state index in [0.717, 1.165) is 25.1 Å². The Bertz CT molecular complexity index is 721. The second-order valence-electron chi connectivity index (χ2n) is 5.60. The van der Waals surface area contributed by atoms with Crippen LogP contribution in [-0.4, -0.2) is 33.3 Å². The first-order valence-electron chi connectivity index (χ1n) is 7.78. The molecule has 0 aromatic carbocycles. The Morgan fingerprint density at radius 3 is 2.42 bits per heavy atom. The Morgan fingerprint density at radius 1 is 1.25 bits per heavy atom. The molecule has 0 saturated carbocycles. The van der Waals surface area contributed by atoms with Crippen molar-refractivity contribution in [3.8, 4) is 0 Å². The molecular weight excluding hydrogens is 343 g/mol. The molecule has 0 aliphatic rings. The fourth-order valence-electron chi connectivity index (χ4n) is 2.52. The van der Waals surface area contributed by atoms with Crippen LogP contribution in [0.2, 0.25) is 5.02 Å². The summed E-state index contributed by atoms with van der Waals surface area (Å²) >= 11 is 5.90. The average Bonchev–Trinajstić information content (AvgIpc) is 2.89. The third-order valence-electron chi connectivity index (χ3n) is 3.56. The lowest BCUT2D eigenvalue weighted by atomic mass is 10.2. The standard InChI is InChI=1S/C16H19ClF3N3O/c1-3-5-22(6-4-2)14(24)8-12-10-23-9-11(16(18,19)20)7-13(17)15(23)21-12/h7,9-10H,3-6,8H2,1-2H3. The lowest BCUT2D eigenvalue weighted by molar-refractivity contribution is -0.138. The van der Waals surface area contributed by atoms with Gasteiger partial charge in [-0.15, -0.1) is 0 Å². The Labute approximate surface area is 143 Å². The van der Waals surface area contributed by atoms with Crippen LogP contribution in [0.3, 0.4) is 0 Å². The van der Waals surface area contributed by atoms with E-state index in [1.54, 1.807) is 4.90 Å². The Hall–Kier alpha value is -1.76. The molecule has 8 heteroatoms. The first-order valence-corrected chi connectivity index (χ1v) is 8.16. The van der Waals surface area contributed by atoms with E-state index in [9.17, 15) is 18.0 Å². The second kappa shape index (κ2) is 7.42. The molecule has 2 aromatic heterocycles. The number of aromatic nitrogens is 2. The third-order valence-corrected chi connectivity index (χ3v) is 3.83. The molecule has 2 aromatic rings. The minimum absolute atomic E-state index is 0.0410. The molecule has 132 valence electrons. The molecule has 4 nitrogen and oxygen atoms in total. The number of pyridine rings is 1. The SMILES string of the molecule is CCCN(CCC)C(=O)Cc1cn2cc(C(F)(F)F)cc(Cl)c2n1. The topological polar surface area (TPSA) is 37.6 Å². The van der Waals surface area contributed by atoms with Crippen molar-refractivity contribution in [1.82, 2.24) is 14.3 Å². The summed E-state index contributed by atoms with van der Waals surface area (Å²) in [6.45, 7) is 5.27. The van der Waals surface area contributed by atoms with Gasteiger partial charge in [0.1, 0.15) is 0 Å². The summed E-state index contributed by atoms with van der Waals surface area (Å²) in [7, 11) is 0. The fourth-order valence-corrected chi connectivity index (χ4v) is 2.77. The van der Waals surface area contributed by atoms with Gasteiger partial charge in [0.25, 0.3) is 0 Å². The number of carbonyl (C=O) groups is 1. The van der Waals surface area contributed by atoms with E-state index in [4.69, 9.17) is 11.6 Å². The Morgan fingerprint density at radius 2 is 1.88 bits per heavy atom. The summed E-state index contributed by atoms with van der Waals surface area (Å²) in [5, 5.41) is -0.0949. The third kappa shape index (κ3) is 4.20. The predicted octanol–water partition coefficient (Wildman–Crippen LogP) is 4.20. The van der Waals surface area contributed by atoms with Crippen LogP contribution in [-0.2, 0) is 17.4 Å². The molecule has 0 aliphatic heterocycles. The quantitative estimate of drug-likeness (QED) is 0.773. The number of amides is 1. The smallest absolute Gasteiger partial charge is 0.342 e. The van der Waals surface area contributed by atoms with Crippen LogP contribution in [0.25, 0.3) is 5.65 Å². The van der Waals surface area contributed by atoms with E-state index >= 15 is 0 Å². The molecule has 0 N–H and O–H groups in total. The molecule has 0 atom stereocenters. The van der Waals surface area contributed by atoms with Gasteiger partial charge >= 0.3 is 6.18 Å². The summed E-state index contributed by atoms with van der Waals surface area (Å²) in [6.07, 6.45) is -0.408. The summed E-state index contributed by atoms with van der Waals surface area (Å²) in [4.78, 5) is 18.3. The van der Waals surface area contributed by atoms with E-state index in [-0.39, 0.29) is 23.0 Å². The monoisotopic (exact) mass is 361 g/mol. The van der Waals surface area contributed by atoms with Gasteiger partial charge in [-0.25, -0.2) is 4.98 Å². The van der Waals surface area contributed by atoms with E-state index in [2.05, 4.69) is 4.98 Å². The first-order chi connectivity index (χ1) is 11.3. The van der Waals surface area contributed by atoms with Gasteiger partial charge in [0, 0.05) is 25.5 Å². The highest BCUT2D eigenvalue weighted by molar-refractivity contribution is 6.33. The molecule has 2 rings (SSSR count). The van der Waals surface area contributed by atoms with Gasteiger partial charge in [0.2, 0.25) is 5.91 Å². The van der Waals surface area contributed by atoms with E-state index in [0.29, 0.717) is 18.8 Å². The zero-order chi connectivity index (χ0) is 17.9. The molecule has 0 bridgehead atoms. The number of carbonyl (C=O) groups excluding carboxylic acids is 1. The van der Waals surface area contributed by atoms with Gasteiger partial charge in [-0.05, 0) is 18.9 Å². The molecule has 2 heterocycles. The van der Waals surface area contributed by atoms with E-state index in [1.165, 1.54) is 10.6 Å². The zero-order valence-electron chi connectivity index (χ0n) is 13.5. The number of imidazole rings is 1. The lowest BCUT2D eigenvalue weighted by Crippen LogP contribution is -2.33. The highest BCUT2D eigenvalue weighted by Crippen LogP contribution is 2.32. The van der Waals surface area contributed by atoms with Crippen molar-refractivity contribution in [3.63, 3.8) is 0 Å². The van der Waals surface area contributed by atoms with Crippen molar-refractivity contribution >= 4 is 23.2 Å². The maximum Gasteiger partial charge on any atom is 0.417 e. The molecule has 0 fully saturated rings. The van der Waals surface area contributed by atoms with E-state index in [1.807, 2.05) is 13.8 Å². The average molecular weight is 362 g/mol. The number of rotatable bonds is 6. The molecular formula is C16H19ClF3N3O. The largest absolute Gasteiger partial charge is 0.417 e. The van der Waals surface area contributed by atoms with Crippen LogP contribution >= 0.6 is 11.6 Å². The van der Waals surface area contributed by atoms with Crippen molar-refractivity contribution in [2.45, 2.75) is 39.3 Å². The summed E-state index contributed by atoms with van der Waals surface area (Å²) in [6, 6.07) is 0.843. The fraction of sp³-hybridized carbons (Fsp3) is 0.500. The molecule has 24 heavy (non-hydrogen) atoms. The number of hydrogen-bond donors (Lipinski definition) is 0. The van der Waals surface area contributed by atoms with Crippen LogP contribution in [0.15, 0.2) is 18.5 Å². The minimum Gasteiger partial charge on any atom is -0.342 e. The van der Waals surface area contributed by atoms with Crippen LogP contribution in [0, 0.1) is 0 Å². The van der Waals surface area contributed by atoms with Gasteiger partial charge in [-0.2, -0.15) is 13.2 Å². The molecule has 1 amide bonds. The van der Waals surface area contributed by atoms with Gasteiger partial charge in [0.15, 0.2) is 5.65 Å². The molecule has 0 aliphatic carbocycles. The highest BCUT2D eigenvalue weighted by atomic mass is 35.5. The van der Waals surface area contributed by atoms with Crippen LogP contribution in [0.5, 0.6) is 0 Å². The van der Waals surface area contributed by atoms with Crippen LogP contribution in [0.4, 0.5) is 13.2 Å². The van der Waals surface area contributed by atoms with Crippen molar-refractivity contribution in [2.24, 2.45) is 0 Å². The van der Waals surface area contributed by atoms with Gasteiger partial charge < -0.3 is 9.30 Å². The van der Waals surface area contributed by atoms with E-state index < -0.39 is 11.7 Å². The number of alkyl halides is 3. The van der Waals surface area contributed by atoms with Gasteiger partial charge in [0.05, 0.1) is 22.7 Å². The maximum atomic E-state index is 12.8. The van der Waals surface area contributed by atoms with Gasteiger partial charge in [-0.1, -0.05) is 25.4 Å². The minimum atomic E-state index is -4.49. The maximum absolute atomic E-state index is 12.8. The number of halogens is 4.